The van der Waals surface area contributed by atoms with Crippen LogP contribution >= 0.6 is 11.6 Å². The van der Waals surface area contributed by atoms with Crippen molar-refractivity contribution in [2.24, 2.45) is 0 Å². The number of ether oxygens (including phenoxy) is 1. The van der Waals surface area contributed by atoms with Gasteiger partial charge >= 0.3 is 5.97 Å². The fourth-order valence-electron chi connectivity index (χ4n) is 1.26. The number of nitrogens with zero attached hydrogens (tertiary/aromatic N) is 1. The van der Waals surface area contributed by atoms with Gasteiger partial charge in [0.2, 0.25) is 0 Å². The van der Waals surface area contributed by atoms with Crippen LogP contribution in [0.3, 0.4) is 0 Å². The van der Waals surface area contributed by atoms with Crippen molar-refractivity contribution in [3.8, 4) is 0 Å². The van der Waals surface area contributed by atoms with Gasteiger partial charge in [0.05, 0.1) is 30.7 Å². The molecule has 17 heavy (non-hydrogen) atoms. The maximum atomic E-state index is 13.7. The Morgan fingerprint density at radius 1 is 1.59 bits per heavy atom. The third-order valence-corrected chi connectivity index (χ3v) is 2.37. The first kappa shape index (κ1) is 13.8. The van der Waals surface area contributed by atoms with E-state index < -0.39 is 30.2 Å². The van der Waals surface area contributed by atoms with E-state index in [1.807, 2.05) is 0 Å². The normalized spacial score (nSPS) is 10.7. The molecule has 1 rings (SSSR count). The molecule has 0 fully saturated rings. The molecule has 0 radical (unpaired) electrons. The van der Waals surface area contributed by atoms with Gasteiger partial charge in [-0.2, -0.15) is 0 Å². The summed E-state index contributed by atoms with van der Waals surface area (Å²) in [7, 11) is 1.12. The first-order chi connectivity index (χ1) is 8.01. The van der Waals surface area contributed by atoms with Crippen LogP contribution in [0.1, 0.15) is 23.2 Å². The summed E-state index contributed by atoms with van der Waals surface area (Å²) in [6, 6.07) is 0. The number of esters is 1. The van der Waals surface area contributed by atoms with Crippen molar-refractivity contribution >= 4 is 17.6 Å². The van der Waals surface area contributed by atoms with Gasteiger partial charge in [0.1, 0.15) is 5.82 Å². The fraction of sp³-hybridized carbons (Fsp3) is 0.400. The van der Waals surface area contributed by atoms with Gasteiger partial charge in [-0.15, -0.1) is 11.6 Å². The molecule has 0 amide bonds. The van der Waals surface area contributed by atoms with E-state index in [2.05, 4.69) is 9.72 Å². The van der Waals surface area contributed by atoms with Gasteiger partial charge in [-0.05, 0) is 0 Å². The zero-order valence-corrected chi connectivity index (χ0v) is 9.60. The van der Waals surface area contributed by atoms with Crippen LogP contribution in [0.4, 0.5) is 13.2 Å². The Labute approximate surface area is 101 Å². The lowest BCUT2D eigenvalue weighted by atomic mass is 10.1. The van der Waals surface area contributed by atoms with E-state index in [0.717, 1.165) is 13.3 Å². The highest BCUT2D eigenvalue weighted by Crippen LogP contribution is 2.27. The van der Waals surface area contributed by atoms with Crippen molar-refractivity contribution in [3.05, 3.63) is 28.8 Å². The minimum absolute atomic E-state index is 0.229. The number of pyridine rings is 1. The van der Waals surface area contributed by atoms with Gasteiger partial charge in [0, 0.05) is 11.8 Å². The molecule has 3 nitrogen and oxygen atoms in total. The highest BCUT2D eigenvalue weighted by atomic mass is 35.5. The molecular formula is C10H9ClF3NO2. The standard InChI is InChI=1S/C10H9ClF3NO2/c1-17-7(16)2-5-4-15-6(3-11)8(9(5)12)10(13)14/h4,10H,2-3H2,1H3. The lowest BCUT2D eigenvalue weighted by Gasteiger charge is -2.10. The summed E-state index contributed by atoms with van der Waals surface area (Å²) in [5, 5.41) is 0. The molecule has 0 aliphatic heterocycles. The van der Waals surface area contributed by atoms with Gasteiger partial charge in [0.15, 0.2) is 0 Å². The van der Waals surface area contributed by atoms with Crippen molar-refractivity contribution < 1.29 is 22.7 Å². The van der Waals surface area contributed by atoms with E-state index in [-0.39, 0.29) is 17.1 Å². The molecule has 7 heteroatoms. The SMILES string of the molecule is COC(=O)Cc1cnc(CCl)c(C(F)F)c1F. The van der Waals surface area contributed by atoms with Crippen molar-refractivity contribution in [1.29, 1.82) is 0 Å². The number of alkyl halides is 3. The highest BCUT2D eigenvalue weighted by molar-refractivity contribution is 6.17. The molecule has 1 aromatic heterocycles. The van der Waals surface area contributed by atoms with Crippen LogP contribution in [0.2, 0.25) is 0 Å². The van der Waals surface area contributed by atoms with E-state index in [1.54, 1.807) is 0 Å². The van der Waals surface area contributed by atoms with Crippen molar-refractivity contribution in [2.45, 2.75) is 18.7 Å². The van der Waals surface area contributed by atoms with Crippen molar-refractivity contribution in [1.82, 2.24) is 4.98 Å². The second-order valence-electron chi connectivity index (χ2n) is 3.15. The van der Waals surface area contributed by atoms with Gasteiger partial charge < -0.3 is 4.74 Å². The van der Waals surface area contributed by atoms with E-state index in [4.69, 9.17) is 11.6 Å². The van der Waals surface area contributed by atoms with Crippen LogP contribution in [-0.4, -0.2) is 18.1 Å². The van der Waals surface area contributed by atoms with Gasteiger partial charge in [-0.3, -0.25) is 9.78 Å². The second kappa shape index (κ2) is 5.86. The molecular weight excluding hydrogens is 259 g/mol. The Morgan fingerprint density at radius 3 is 2.71 bits per heavy atom. The molecule has 0 atom stereocenters. The van der Waals surface area contributed by atoms with E-state index in [1.165, 1.54) is 0 Å². The Morgan fingerprint density at radius 2 is 2.24 bits per heavy atom. The van der Waals surface area contributed by atoms with Crippen LogP contribution in [0.25, 0.3) is 0 Å². The van der Waals surface area contributed by atoms with Crippen LogP contribution in [0.15, 0.2) is 6.20 Å². The number of carbonyl (C=O) groups is 1. The molecule has 0 bridgehead atoms. The molecule has 0 aliphatic rings. The summed E-state index contributed by atoms with van der Waals surface area (Å²) in [6.45, 7) is 0. The van der Waals surface area contributed by atoms with Crippen LogP contribution in [0, 0.1) is 5.82 Å². The molecule has 0 saturated heterocycles. The topological polar surface area (TPSA) is 39.2 Å². The number of hydrogen-bond acceptors (Lipinski definition) is 3. The highest BCUT2D eigenvalue weighted by Gasteiger charge is 2.23. The number of hydrogen-bond donors (Lipinski definition) is 0. The van der Waals surface area contributed by atoms with Crippen LogP contribution in [-0.2, 0) is 21.8 Å². The second-order valence-corrected chi connectivity index (χ2v) is 3.41. The summed E-state index contributed by atoms with van der Waals surface area (Å²) in [5.74, 6) is -2.21. The summed E-state index contributed by atoms with van der Waals surface area (Å²) in [4.78, 5) is 14.5. The predicted molar refractivity (Wildman–Crippen MR) is 54.4 cm³/mol. The maximum absolute atomic E-state index is 13.7. The third kappa shape index (κ3) is 3.09. The molecule has 1 aromatic rings. The maximum Gasteiger partial charge on any atom is 0.310 e. The summed E-state index contributed by atoms with van der Waals surface area (Å²) >= 11 is 5.38. The summed E-state index contributed by atoms with van der Waals surface area (Å²) < 4.78 is 43.2. The molecule has 0 N–H and O–H groups in total. The van der Waals surface area contributed by atoms with E-state index >= 15 is 0 Å². The first-order valence-electron chi connectivity index (χ1n) is 4.58. The lowest BCUT2D eigenvalue weighted by molar-refractivity contribution is -0.139. The summed E-state index contributed by atoms with van der Waals surface area (Å²) in [5.41, 5.74) is -1.32. The predicted octanol–water partition coefficient (Wildman–Crippen LogP) is 2.61. The van der Waals surface area contributed by atoms with Crippen LogP contribution < -0.4 is 0 Å². The molecule has 0 aliphatic carbocycles. The molecule has 94 valence electrons. The molecule has 1 heterocycles. The van der Waals surface area contributed by atoms with E-state index in [0.29, 0.717) is 0 Å². The minimum Gasteiger partial charge on any atom is -0.469 e. The average molecular weight is 268 g/mol. The quantitative estimate of drug-likeness (QED) is 0.622. The monoisotopic (exact) mass is 267 g/mol. The Bertz CT molecular complexity index is 426. The Kier molecular flexibility index (Phi) is 4.74. The molecule has 0 spiro atoms. The Hall–Kier alpha value is -1.30. The largest absolute Gasteiger partial charge is 0.469 e. The molecule has 0 aromatic carbocycles. The zero-order valence-electron chi connectivity index (χ0n) is 8.84. The van der Waals surface area contributed by atoms with Crippen molar-refractivity contribution in [3.63, 3.8) is 0 Å². The number of methoxy groups -OCH3 is 1. The summed E-state index contributed by atoms with van der Waals surface area (Å²) in [6.07, 6.45) is -2.47. The number of rotatable bonds is 4. The number of aromatic nitrogens is 1. The lowest BCUT2D eigenvalue weighted by Crippen LogP contribution is -2.10. The van der Waals surface area contributed by atoms with Crippen molar-refractivity contribution in [2.75, 3.05) is 7.11 Å². The van der Waals surface area contributed by atoms with Gasteiger partial charge in [-0.1, -0.05) is 0 Å². The number of halogens is 4. The fourth-order valence-corrected chi connectivity index (χ4v) is 1.47. The Balaban J connectivity index is 3.18. The van der Waals surface area contributed by atoms with Gasteiger partial charge in [0.25, 0.3) is 6.43 Å². The smallest absolute Gasteiger partial charge is 0.310 e. The van der Waals surface area contributed by atoms with E-state index in [9.17, 15) is 18.0 Å². The zero-order chi connectivity index (χ0) is 13.0. The van der Waals surface area contributed by atoms with Crippen LogP contribution in [0.5, 0.6) is 0 Å². The molecule has 0 unspecified atom stereocenters. The van der Waals surface area contributed by atoms with Gasteiger partial charge in [-0.25, -0.2) is 13.2 Å². The number of carbonyl (C=O) groups excluding carboxylic acids is 1. The average Bonchev–Trinajstić information content (AvgIpc) is 2.30. The molecule has 0 saturated carbocycles. The minimum atomic E-state index is -3.03. The first-order valence-corrected chi connectivity index (χ1v) is 5.11. The third-order valence-electron chi connectivity index (χ3n) is 2.11.